The summed E-state index contributed by atoms with van der Waals surface area (Å²) in [5.41, 5.74) is 1.01. The van der Waals surface area contributed by atoms with E-state index in [0.29, 0.717) is 24.4 Å². The van der Waals surface area contributed by atoms with E-state index in [1.807, 2.05) is 24.3 Å². The molecule has 1 aliphatic carbocycles. The topological polar surface area (TPSA) is 104 Å². The number of carbonyl (C=O) groups excluding carboxylic acids is 1. The van der Waals surface area contributed by atoms with E-state index in [-0.39, 0.29) is 17.7 Å². The molecule has 172 valence electrons. The Labute approximate surface area is 189 Å². The van der Waals surface area contributed by atoms with Crippen LogP contribution in [-0.4, -0.2) is 27.4 Å². The fourth-order valence-corrected chi connectivity index (χ4v) is 5.23. The van der Waals surface area contributed by atoms with Gasteiger partial charge in [0.1, 0.15) is 0 Å². The van der Waals surface area contributed by atoms with E-state index in [1.165, 1.54) is 0 Å². The Hall–Kier alpha value is -2.02. The molecule has 7 heteroatoms. The van der Waals surface area contributed by atoms with Crippen molar-refractivity contribution in [2.45, 2.75) is 83.3 Å². The second-order valence-corrected chi connectivity index (χ2v) is 10.1. The zero-order valence-corrected chi connectivity index (χ0v) is 19.4. The Morgan fingerprint density at radius 2 is 1.74 bits per heavy atom. The van der Waals surface area contributed by atoms with Crippen LogP contribution in [0.3, 0.4) is 0 Å². The fraction of sp³-hybridized carbons (Fsp3) is 0.625. The third-order valence-corrected chi connectivity index (χ3v) is 7.12. The lowest BCUT2D eigenvalue weighted by atomic mass is 9.69. The molecular weight excluding hydrogens is 414 g/mol. The number of para-hydroxylation sites is 1. The molecule has 0 bridgehead atoms. The van der Waals surface area contributed by atoms with Gasteiger partial charge in [0.05, 0.1) is 0 Å². The molecule has 1 amide bonds. The molecule has 0 saturated heterocycles. The van der Waals surface area contributed by atoms with Crippen LogP contribution in [0, 0.1) is 11.3 Å². The molecule has 0 heterocycles. The predicted molar refractivity (Wildman–Crippen MR) is 125 cm³/mol. The van der Waals surface area contributed by atoms with Crippen molar-refractivity contribution in [2.75, 3.05) is 5.32 Å². The third kappa shape index (κ3) is 7.87. The van der Waals surface area contributed by atoms with E-state index >= 15 is 0 Å². The van der Waals surface area contributed by atoms with Gasteiger partial charge in [-0.2, -0.15) is 0 Å². The van der Waals surface area contributed by atoms with E-state index in [1.54, 1.807) is 0 Å². The summed E-state index contributed by atoms with van der Waals surface area (Å²) < 4.78 is 0. The molecule has 1 unspecified atom stereocenters. The third-order valence-electron chi connectivity index (χ3n) is 6.15. The highest BCUT2D eigenvalue weighted by molar-refractivity contribution is 8.13. The zero-order chi connectivity index (χ0) is 22.9. The molecule has 0 aromatic heterocycles. The number of anilines is 1. The van der Waals surface area contributed by atoms with Crippen LogP contribution in [-0.2, 0) is 9.59 Å². The van der Waals surface area contributed by atoms with Gasteiger partial charge in [-0.1, -0.05) is 51.3 Å². The number of rotatable bonds is 11. The van der Waals surface area contributed by atoms with E-state index in [4.69, 9.17) is 5.11 Å². The molecule has 0 aliphatic heterocycles. The molecular formula is C24H35NO5S. The van der Waals surface area contributed by atoms with Gasteiger partial charge < -0.3 is 15.5 Å². The van der Waals surface area contributed by atoms with Crippen LogP contribution in [0.5, 0.6) is 0 Å². The molecule has 0 spiro atoms. The SMILES string of the molecule is CC(C)CCC1(C(=O)Nc2ccccc2C(CCCC(=O)O)SC(=O)O)CCCCC1. The van der Waals surface area contributed by atoms with Crippen LogP contribution in [0.2, 0.25) is 0 Å². The van der Waals surface area contributed by atoms with Gasteiger partial charge in [0.25, 0.3) is 0 Å². The molecule has 3 N–H and O–H groups in total. The number of aliphatic carboxylic acids is 1. The minimum absolute atomic E-state index is 0.0104. The Morgan fingerprint density at radius 3 is 2.35 bits per heavy atom. The van der Waals surface area contributed by atoms with Crippen molar-refractivity contribution in [3.05, 3.63) is 29.8 Å². The number of amides is 1. The quantitative estimate of drug-likeness (QED) is 0.346. The first-order valence-electron chi connectivity index (χ1n) is 11.3. The van der Waals surface area contributed by atoms with Crippen LogP contribution in [0.25, 0.3) is 0 Å². The molecule has 1 saturated carbocycles. The van der Waals surface area contributed by atoms with Crippen LogP contribution in [0.4, 0.5) is 10.5 Å². The van der Waals surface area contributed by atoms with Gasteiger partial charge >= 0.3 is 11.3 Å². The van der Waals surface area contributed by atoms with Crippen LogP contribution in [0.1, 0.15) is 88.9 Å². The maximum absolute atomic E-state index is 13.5. The van der Waals surface area contributed by atoms with E-state index in [2.05, 4.69) is 19.2 Å². The van der Waals surface area contributed by atoms with E-state index in [9.17, 15) is 19.5 Å². The molecule has 1 fully saturated rings. The average Bonchev–Trinajstić information content (AvgIpc) is 2.72. The summed E-state index contributed by atoms with van der Waals surface area (Å²) in [5, 5.41) is 20.0. The second kappa shape index (κ2) is 12.1. The molecule has 1 aromatic carbocycles. The largest absolute Gasteiger partial charge is 0.481 e. The minimum Gasteiger partial charge on any atom is -0.481 e. The van der Waals surface area contributed by atoms with Crippen molar-refractivity contribution < 1.29 is 24.6 Å². The summed E-state index contributed by atoms with van der Waals surface area (Å²) in [7, 11) is 0. The van der Waals surface area contributed by atoms with E-state index in [0.717, 1.165) is 62.3 Å². The van der Waals surface area contributed by atoms with E-state index < -0.39 is 16.5 Å². The fourth-order valence-electron chi connectivity index (χ4n) is 4.37. The second-order valence-electron chi connectivity index (χ2n) is 8.97. The number of nitrogens with one attached hydrogen (secondary N) is 1. The molecule has 2 rings (SSSR count). The van der Waals surface area contributed by atoms with Crippen molar-refractivity contribution in [1.29, 1.82) is 0 Å². The lowest BCUT2D eigenvalue weighted by Crippen LogP contribution is -2.38. The summed E-state index contributed by atoms with van der Waals surface area (Å²) in [6, 6.07) is 7.31. The van der Waals surface area contributed by atoms with Gasteiger partial charge in [-0.3, -0.25) is 9.59 Å². The van der Waals surface area contributed by atoms with Crippen molar-refractivity contribution >= 4 is 34.6 Å². The monoisotopic (exact) mass is 449 g/mol. The molecule has 31 heavy (non-hydrogen) atoms. The summed E-state index contributed by atoms with van der Waals surface area (Å²) in [6.07, 6.45) is 7.69. The normalized spacial score (nSPS) is 16.6. The van der Waals surface area contributed by atoms with Crippen molar-refractivity contribution in [1.82, 2.24) is 0 Å². The lowest BCUT2D eigenvalue weighted by molar-refractivity contribution is -0.137. The first-order valence-corrected chi connectivity index (χ1v) is 12.1. The number of carboxylic acid groups (broad SMARTS) is 2. The van der Waals surface area contributed by atoms with Crippen LogP contribution in [0.15, 0.2) is 24.3 Å². The summed E-state index contributed by atoms with van der Waals surface area (Å²) in [5.74, 6) is -0.334. The molecule has 1 aliphatic rings. The van der Waals surface area contributed by atoms with Gasteiger partial charge in [-0.15, -0.1) is 0 Å². The van der Waals surface area contributed by atoms with Crippen molar-refractivity contribution in [2.24, 2.45) is 11.3 Å². The Bertz CT molecular complexity index is 758. The van der Waals surface area contributed by atoms with Crippen LogP contribution >= 0.6 is 11.8 Å². The Kier molecular flexibility index (Phi) is 9.88. The first kappa shape index (κ1) is 25.2. The van der Waals surface area contributed by atoms with Crippen molar-refractivity contribution in [3.63, 3.8) is 0 Å². The number of carboxylic acids is 1. The maximum atomic E-state index is 13.5. The Morgan fingerprint density at radius 1 is 1.06 bits per heavy atom. The van der Waals surface area contributed by atoms with Gasteiger partial charge in [0.2, 0.25) is 5.91 Å². The standard InChI is InChI=1S/C24H35NO5S/c1-17(2)13-16-24(14-6-3-7-15-24)22(28)25-19-10-5-4-9-18(19)20(31-23(29)30)11-8-12-21(26)27/h4-5,9-10,17,20H,3,6-8,11-16H2,1-2H3,(H,25,28)(H,26,27)(H,29,30). The predicted octanol–water partition coefficient (Wildman–Crippen LogP) is 6.72. The molecule has 6 nitrogen and oxygen atoms in total. The smallest absolute Gasteiger partial charge is 0.365 e. The summed E-state index contributed by atoms with van der Waals surface area (Å²) >= 11 is 0.767. The highest BCUT2D eigenvalue weighted by atomic mass is 32.2. The van der Waals surface area contributed by atoms with Gasteiger partial charge in [-0.25, -0.2) is 4.79 Å². The molecule has 1 aromatic rings. The number of carbonyl (C=O) groups is 3. The van der Waals surface area contributed by atoms with Crippen LogP contribution < -0.4 is 5.32 Å². The summed E-state index contributed by atoms with van der Waals surface area (Å²) in [6.45, 7) is 4.35. The number of hydrogen-bond acceptors (Lipinski definition) is 4. The van der Waals surface area contributed by atoms with Gasteiger partial charge in [0, 0.05) is 22.8 Å². The number of thioether (sulfide) groups is 1. The first-order chi connectivity index (χ1) is 14.7. The molecule has 1 atom stereocenters. The highest BCUT2D eigenvalue weighted by Crippen LogP contribution is 2.43. The summed E-state index contributed by atoms with van der Waals surface area (Å²) in [4.78, 5) is 35.8. The van der Waals surface area contributed by atoms with Gasteiger partial charge in [0.15, 0.2) is 0 Å². The maximum Gasteiger partial charge on any atom is 0.365 e. The average molecular weight is 450 g/mol. The van der Waals surface area contributed by atoms with Crippen molar-refractivity contribution in [3.8, 4) is 0 Å². The number of benzene rings is 1. The van der Waals surface area contributed by atoms with Gasteiger partial charge in [-0.05, 0) is 67.8 Å². The molecule has 0 radical (unpaired) electrons. The Balaban J connectivity index is 2.23. The number of hydrogen-bond donors (Lipinski definition) is 3. The highest BCUT2D eigenvalue weighted by Gasteiger charge is 2.39. The lowest BCUT2D eigenvalue weighted by Gasteiger charge is -2.37. The zero-order valence-electron chi connectivity index (χ0n) is 18.6. The minimum atomic E-state index is -1.01.